The number of rotatable bonds is 5. The lowest BCUT2D eigenvalue weighted by molar-refractivity contribution is -0.132. The number of hydrogen-bond donors (Lipinski definition) is 2. The van der Waals surface area contributed by atoms with Crippen molar-refractivity contribution < 1.29 is 19.6 Å². The van der Waals surface area contributed by atoms with Crippen molar-refractivity contribution in [3.05, 3.63) is 11.5 Å². The first-order valence-electron chi connectivity index (χ1n) is 7.68. The minimum absolute atomic E-state index is 0.232. The summed E-state index contributed by atoms with van der Waals surface area (Å²) in [6, 6.07) is 0. The van der Waals surface area contributed by atoms with Crippen LogP contribution in [0, 0.1) is 5.92 Å². The molecule has 0 radical (unpaired) electrons. The fourth-order valence-corrected chi connectivity index (χ4v) is 2.20. The second-order valence-corrected chi connectivity index (χ2v) is 7.13. The van der Waals surface area contributed by atoms with Crippen LogP contribution in [-0.4, -0.2) is 52.3 Å². The SMILES string of the molecule is CC(C)(O)C(C)(C)OB(O)C1=CCN(C(=O)C2CC2)CC1. The number of hydrogen-bond acceptors (Lipinski definition) is 4. The lowest BCUT2D eigenvalue weighted by atomic mass is 9.73. The summed E-state index contributed by atoms with van der Waals surface area (Å²) in [6.45, 7) is 7.99. The Bertz CT molecular complexity index is 437. The van der Waals surface area contributed by atoms with E-state index in [0.717, 1.165) is 18.3 Å². The molecule has 0 atom stereocenters. The van der Waals surface area contributed by atoms with E-state index in [9.17, 15) is 14.9 Å². The molecule has 0 aromatic heterocycles. The lowest BCUT2D eigenvalue weighted by Crippen LogP contribution is -2.51. The van der Waals surface area contributed by atoms with E-state index in [-0.39, 0.29) is 11.8 Å². The first kappa shape index (κ1) is 16.5. The molecular formula is C15H26BNO4. The van der Waals surface area contributed by atoms with Gasteiger partial charge in [0, 0.05) is 19.0 Å². The van der Waals surface area contributed by atoms with Gasteiger partial charge in [0.05, 0.1) is 11.2 Å². The highest BCUT2D eigenvalue weighted by atomic mass is 16.5. The van der Waals surface area contributed by atoms with Gasteiger partial charge in [0.1, 0.15) is 0 Å². The van der Waals surface area contributed by atoms with Gasteiger partial charge in [-0.1, -0.05) is 6.08 Å². The van der Waals surface area contributed by atoms with E-state index in [1.54, 1.807) is 27.7 Å². The van der Waals surface area contributed by atoms with Crippen molar-refractivity contribution in [1.82, 2.24) is 4.90 Å². The van der Waals surface area contributed by atoms with Crippen LogP contribution < -0.4 is 0 Å². The van der Waals surface area contributed by atoms with Gasteiger partial charge in [-0.05, 0) is 52.4 Å². The molecule has 2 rings (SSSR count). The summed E-state index contributed by atoms with van der Waals surface area (Å²) in [7, 11) is -1.04. The molecule has 1 heterocycles. The van der Waals surface area contributed by atoms with E-state index in [0.29, 0.717) is 19.5 Å². The number of carbonyl (C=O) groups excluding carboxylic acids is 1. The minimum Gasteiger partial charge on any atom is -0.423 e. The predicted octanol–water partition coefficient (Wildman–Crippen LogP) is 1.14. The van der Waals surface area contributed by atoms with Crippen molar-refractivity contribution in [3.63, 3.8) is 0 Å². The molecule has 1 fully saturated rings. The van der Waals surface area contributed by atoms with E-state index >= 15 is 0 Å². The number of nitrogens with zero attached hydrogens (tertiary/aromatic N) is 1. The molecular weight excluding hydrogens is 269 g/mol. The fraction of sp³-hybridized carbons (Fsp3) is 0.800. The number of carbonyl (C=O) groups is 1. The fourth-order valence-electron chi connectivity index (χ4n) is 2.20. The van der Waals surface area contributed by atoms with Gasteiger partial charge in [-0.3, -0.25) is 4.79 Å². The third kappa shape index (κ3) is 3.87. The summed E-state index contributed by atoms with van der Waals surface area (Å²) in [6.07, 6.45) is 4.51. The van der Waals surface area contributed by atoms with Gasteiger partial charge in [-0.15, -0.1) is 0 Å². The zero-order valence-corrected chi connectivity index (χ0v) is 13.4. The number of amides is 1. The third-order valence-electron chi connectivity index (χ3n) is 4.68. The Morgan fingerprint density at radius 3 is 2.43 bits per heavy atom. The van der Waals surface area contributed by atoms with Crippen LogP contribution >= 0.6 is 0 Å². The van der Waals surface area contributed by atoms with Gasteiger partial charge in [-0.2, -0.15) is 0 Å². The van der Waals surface area contributed by atoms with Gasteiger partial charge in [0.15, 0.2) is 0 Å². The third-order valence-corrected chi connectivity index (χ3v) is 4.68. The van der Waals surface area contributed by atoms with Gasteiger partial charge in [-0.25, -0.2) is 0 Å². The molecule has 1 aliphatic carbocycles. The second-order valence-electron chi connectivity index (χ2n) is 7.13. The molecule has 0 aromatic carbocycles. The molecule has 1 saturated carbocycles. The summed E-state index contributed by atoms with van der Waals surface area (Å²) < 4.78 is 5.63. The summed E-state index contributed by atoms with van der Waals surface area (Å²) >= 11 is 0. The maximum atomic E-state index is 12.0. The summed E-state index contributed by atoms with van der Waals surface area (Å²) in [5.41, 5.74) is -1.14. The molecule has 118 valence electrons. The van der Waals surface area contributed by atoms with Crippen molar-refractivity contribution >= 4 is 13.0 Å². The van der Waals surface area contributed by atoms with Crippen molar-refractivity contribution in [2.24, 2.45) is 5.92 Å². The highest BCUT2D eigenvalue weighted by molar-refractivity contribution is 6.52. The van der Waals surface area contributed by atoms with Gasteiger partial charge in [0.25, 0.3) is 0 Å². The quantitative estimate of drug-likeness (QED) is 0.746. The van der Waals surface area contributed by atoms with Crippen LogP contribution in [0.1, 0.15) is 47.0 Å². The predicted molar refractivity (Wildman–Crippen MR) is 81.4 cm³/mol. The highest BCUT2D eigenvalue weighted by Crippen LogP contribution is 2.32. The van der Waals surface area contributed by atoms with Crippen LogP contribution in [0.2, 0.25) is 0 Å². The average molecular weight is 295 g/mol. The smallest absolute Gasteiger partial charge is 0.423 e. The molecule has 21 heavy (non-hydrogen) atoms. The van der Waals surface area contributed by atoms with Crippen LogP contribution in [0.5, 0.6) is 0 Å². The first-order chi connectivity index (χ1) is 9.62. The van der Waals surface area contributed by atoms with Crippen LogP contribution in [0.15, 0.2) is 11.5 Å². The van der Waals surface area contributed by atoms with Crippen LogP contribution in [-0.2, 0) is 9.45 Å². The van der Waals surface area contributed by atoms with E-state index in [4.69, 9.17) is 4.65 Å². The normalized spacial score (nSPS) is 20.3. The largest absolute Gasteiger partial charge is 0.487 e. The lowest BCUT2D eigenvalue weighted by Gasteiger charge is -2.39. The molecule has 0 unspecified atom stereocenters. The van der Waals surface area contributed by atoms with Crippen molar-refractivity contribution in [1.29, 1.82) is 0 Å². The summed E-state index contributed by atoms with van der Waals surface area (Å²) in [4.78, 5) is 13.8. The molecule has 0 saturated heterocycles. The molecule has 2 aliphatic rings. The molecule has 0 spiro atoms. The standard InChI is InChI=1S/C15H26BNO4/c1-14(2,19)15(3,4)21-16(20)12-7-9-17(10-8-12)13(18)11-5-6-11/h7,11,19-20H,5-6,8-10H2,1-4H3. The Morgan fingerprint density at radius 1 is 1.38 bits per heavy atom. The van der Waals surface area contributed by atoms with Crippen molar-refractivity contribution in [2.75, 3.05) is 13.1 Å². The first-order valence-corrected chi connectivity index (χ1v) is 7.68. The molecule has 6 heteroatoms. The van der Waals surface area contributed by atoms with Crippen molar-refractivity contribution in [2.45, 2.75) is 58.2 Å². The Hall–Kier alpha value is -0.845. The Morgan fingerprint density at radius 2 is 2.00 bits per heavy atom. The van der Waals surface area contributed by atoms with E-state index < -0.39 is 18.3 Å². The Kier molecular flexibility index (Phi) is 4.52. The van der Waals surface area contributed by atoms with E-state index in [1.807, 2.05) is 11.0 Å². The molecule has 2 N–H and O–H groups in total. The Balaban J connectivity index is 1.92. The van der Waals surface area contributed by atoms with E-state index in [2.05, 4.69) is 0 Å². The molecule has 0 aromatic rings. The Labute approximate surface area is 127 Å². The zero-order chi connectivity index (χ0) is 15.8. The van der Waals surface area contributed by atoms with Gasteiger partial charge in [0.2, 0.25) is 5.91 Å². The maximum absolute atomic E-state index is 12.0. The van der Waals surface area contributed by atoms with Gasteiger partial charge >= 0.3 is 7.12 Å². The molecule has 1 amide bonds. The van der Waals surface area contributed by atoms with Crippen LogP contribution in [0.3, 0.4) is 0 Å². The van der Waals surface area contributed by atoms with Crippen molar-refractivity contribution in [3.8, 4) is 0 Å². The maximum Gasteiger partial charge on any atom is 0.487 e. The highest BCUT2D eigenvalue weighted by Gasteiger charge is 2.41. The zero-order valence-electron chi connectivity index (χ0n) is 13.4. The second kappa shape index (κ2) is 5.74. The van der Waals surface area contributed by atoms with Crippen LogP contribution in [0.4, 0.5) is 0 Å². The van der Waals surface area contributed by atoms with Crippen LogP contribution in [0.25, 0.3) is 0 Å². The molecule has 1 aliphatic heterocycles. The average Bonchev–Trinajstić information content (AvgIpc) is 3.20. The monoisotopic (exact) mass is 295 g/mol. The van der Waals surface area contributed by atoms with Gasteiger partial charge < -0.3 is 19.7 Å². The molecule has 5 nitrogen and oxygen atoms in total. The summed E-state index contributed by atoms with van der Waals surface area (Å²) in [5.74, 6) is 0.466. The number of aliphatic hydroxyl groups is 1. The molecule has 0 bridgehead atoms. The topological polar surface area (TPSA) is 70.0 Å². The summed E-state index contributed by atoms with van der Waals surface area (Å²) in [5, 5.41) is 20.3. The van der Waals surface area contributed by atoms with E-state index in [1.165, 1.54) is 0 Å². The minimum atomic E-state index is -1.06.